The van der Waals surface area contributed by atoms with Crippen molar-refractivity contribution in [1.82, 2.24) is 4.98 Å². The van der Waals surface area contributed by atoms with Gasteiger partial charge in [-0.2, -0.15) is 0 Å². The lowest BCUT2D eigenvalue weighted by atomic mass is 9.99. The molecule has 8 heteroatoms. The van der Waals surface area contributed by atoms with Crippen molar-refractivity contribution in [2.24, 2.45) is 0 Å². The van der Waals surface area contributed by atoms with Crippen molar-refractivity contribution in [2.75, 3.05) is 0 Å². The van der Waals surface area contributed by atoms with E-state index in [0.29, 0.717) is 11.1 Å². The van der Waals surface area contributed by atoms with Gasteiger partial charge in [0, 0.05) is 23.5 Å². The maximum atomic E-state index is 11.8. The van der Waals surface area contributed by atoms with Gasteiger partial charge >= 0.3 is 0 Å². The zero-order chi connectivity index (χ0) is 18.1. The molecular formula is C17H8Cl4N2O2. The molecule has 4 nitrogen and oxygen atoms in total. The number of benzene rings is 2. The van der Waals surface area contributed by atoms with E-state index in [-0.39, 0.29) is 36.9 Å². The third kappa shape index (κ3) is 3.31. The number of aromatic nitrogens is 1. The molecule has 0 aliphatic rings. The van der Waals surface area contributed by atoms with Crippen LogP contribution in [0.15, 0.2) is 48.8 Å². The first kappa shape index (κ1) is 18.0. The van der Waals surface area contributed by atoms with Crippen molar-refractivity contribution in [1.29, 1.82) is 0 Å². The number of nitro groups is 1. The lowest BCUT2D eigenvalue weighted by Gasteiger charge is -2.12. The van der Waals surface area contributed by atoms with Crippen LogP contribution in [0, 0.1) is 10.1 Å². The maximum absolute atomic E-state index is 11.8. The minimum absolute atomic E-state index is 0.189. The summed E-state index contributed by atoms with van der Waals surface area (Å²) in [6, 6.07) is 9.71. The molecule has 2 aromatic carbocycles. The third-order valence-corrected chi connectivity index (χ3v) is 4.82. The highest BCUT2D eigenvalue weighted by Gasteiger charge is 2.27. The van der Waals surface area contributed by atoms with Crippen LogP contribution in [0.4, 0.5) is 5.69 Å². The zero-order valence-corrected chi connectivity index (χ0v) is 15.4. The molecule has 0 saturated carbocycles. The molecular weight excluding hydrogens is 406 g/mol. The van der Waals surface area contributed by atoms with Gasteiger partial charge in [0.1, 0.15) is 0 Å². The van der Waals surface area contributed by atoms with Crippen molar-refractivity contribution < 1.29 is 4.92 Å². The molecule has 0 bridgehead atoms. The summed E-state index contributed by atoms with van der Waals surface area (Å²) in [7, 11) is 0. The van der Waals surface area contributed by atoms with E-state index in [2.05, 4.69) is 4.98 Å². The molecule has 0 unspecified atom stereocenters. The van der Waals surface area contributed by atoms with Gasteiger partial charge in [-0.25, -0.2) is 0 Å². The molecule has 3 aromatic rings. The summed E-state index contributed by atoms with van der Waals surface area (Å²) >= 11 is 24.9. The average Bonchev–Trinajstić information content (AvgIpc) is 2.54. The molecule has 126 valence electrons. The summed E-state index contributed by atoms with van der Waals surface area (Å²) in [5.41, 5.74) is 0.813. The van der Waals surface area contributed by atoms with Gasteiger partial charge < -0.3 is 0 Å². The van der Waals surface area contributed by atoms with Gasteiger partial charge in [-0.3, -0.25) is 15.1 Å². The van der Waals surface area contributed by atoms with E-state index >= 15 is 0 Å². The Morgan fingerprint density at radius 1 is 0.760 bits per heavy atom. The van der Waals surface area contributed by atoms with Crippen molar-refractivity contribution in [3.8, 4) is 22.3 Å². The van der Waals surface area contributed by atoms with Crippen molar-refractivity contribution in [3.63, 3.8) is 0 Å². The number of nitrogens with zero attached hydrogens (tertiary/aromatic N) is 2. The number of halogens is 4. The quantitative estimate of drug-likeness (QED) is 0.345. The predicted octanol–water partition coefficient (Wildman–Crippen LogP) is 6.94. The Kier molecular flexibility index (Phi) is 5.16. The van der Waals surface area contributed by atoms with Gasteiger partial charge in [-0.05, 0) is 24.3 Å². The van der Waals surface area contributed by atoms with Crippen LogP contribution >= 0.6 is 46.4 Å². The summed E-state index contributed by atoms with van der Waals surface area (Å²) in [6.07, 6.45) is 2.69. The largest absolute Gasteiger partial charge is 0.288 e. The Hall–Kier alpha value is -1.85. The molecule has 0 spiro atoms. The summed E-state index contributed by atoms with van der Waals surface area (Å²) < 4.78 is 0. The normalized spacial score (nSPS) is 10.7. The Morgan fingerprint density at radius 2 is 1.12 bits per heavy atom. The first-order valence-corrected chi connectivity index (χ1v) is 8.44. The maximum Gasteiger partial charge on any atom is 0.288 e. The standard InChI is InChI=1S/C17H8Cl4N2O2/c18-11-3-1-4-12(19)15(11)9-7-22-8-10(17(9)23(24)25)16-13(20)5-2-6-14(16)21/h1-8H. The third-order valence-electron chi connectivity index (χ3n) is 3.56. The highest BCUT2D eigenvalue weighted by Crippen LogP contribution is 2.46. The van der Waals surface area contributed by atoms with E-state index in [4.69, 9.17) is 46.4 Å². The monoisotopic (exact) mass is 412 g/mol. The molecule has 1 aromatic heterocycles. The van der Waals surface area contributed by atoms with Crippen molar-refractivity contribution in [2.45, 2.75) is 0 Å². The van der Waals surface area contributed by atoms with E-state index in [1.54, 1.807) is 36.4 Å². The van der Waals surface area contributed by atoms with Crippen LogP contribution in [-0.4, -0.2) is 9.91 Å². The van der Waals surface area contributed by atoms with E-state index in [9.17, 15) is 10.1 Å². The van der Waals surface area contributed by atoms with E-state index in [1.807, 2.05) is 0 Å². The Labute approximate surface area is 163 Å². The summed E-state index contributed by atoms with van der Waals surface area (Å²) in [6.45, 7) is 0. The van der Waals surface area contributed by atoms with Crippen LogP contribution in [0.5, 0.6) is 0 Å². The minimum atomic E-state index is -0.522. The second-order valence-corrected chi connectivity index (χ2v) is 6.66. The first-order valence-electron chi connectivity index (χ1n) is 6.93. The fourth-order valence-corrected chi connectivity index (χ4v) is 3.73. The summed E-state index contributed by atoms with van der Waals surface area (Å²) in [4.78, 5) is 15.4. The lowest BCUT2D eigenvalue weighted by Crippen LogP contribution is -1.98. The highest BCUT2D eigenvalue weighted by molar-refractivity contribution is 6.40. The average molecular weight is 414 g/mol. The zero-order valence-electron chi connectivity index (χ0n) is 12.3. The fraction of sp³-hybridized carbons (Fsp3) is 0. The molecule has 0 N–H and O–H groups in total. The molecule has 1 heterocycles. The molecule has 25 heavy (non-hydrogen) atoms. The van der Waals surface area contributed by atoms with Crippen LogP contribution in [0.1, 0.15) is 0 Å². The van der Waals surface area contributed by atoms with Gasteiger partial charge in [-0.1, -0.05) is 58.5 Å². The minimum Gasteiger partial charge on any atom is -0.263 e. The lowest BCUT2D eigenvalue weighted by molar-refractivity contribution is -0.383. The molecule has 0 saturated heterocycles. The molecule has 0 fully saturated rings. The smallest absolute Gasteiger partial charge is 0.263 e. The van der Waals surface area contributed by atoms with Gasteiger partial charge in [0.15, 0.2) is 0 Å². The number of pyridine rings is 1. The number of hydrogen-bond acceptors (Lipinski definition) is 3. The van der Waals surface area contributed by atoms with Crippen LogP contribution in [0.2, 0.25) is 20.1 Å². The molecule has 0 amide bonds. The fourth-order valence-electron chi connectivity index (χ4n) is 2.53. The van der Waals surface area contributed by atoms with Crippen LogP contribution in [-0.2, 0) is 0 Å². The number of hydrogen-bond donors (Lipinski definition) is 0. The van der Waals surface area contributed by atoms with E-state index < -0.39 is 4.92 Å². The van der Waals surface area contributed by atoms with Gasteiger partial charge in [0.25, 0.3) is 5.69 Å². The predicted molar refractivity (Wildman–Crippen MR) is 102 cm³/mol. The molecule has 0 atom stereocenters. The number of rotatable bonds is 3. The van der Waals surface area contributed by atoms with Gasteiger partial charge in [0.2, 0.25) is 0 Å². The first-order chi connectivity index (χ1) is 11.9. The van der Waals surface area contributed by atoms with Crippen LogP contribution in [0.3, 0.4) is 0 Å². The molecule has 3 rings (SSSR count). The van der Waals surface area contributed by atoms with Crippen molar-refractivity contribution in [3.05, 3.63) is 79.0 Å². The second kappa shape index (κ2) is 7.18. The molecule has 0 aliphatic heterocycles. The summed E-state index contributed by atoms with van der Waals surface area (Å²) in [5, 5.41) is 13.0. The van der Waals surface area contributed by atoms with Crippen LogP contribution < -0.4 is 0 Å². The Bertz CT molecular complexity index is 882. The SMILES string of the molecule is O=[N+]([O-])c1c(-c2c(Cl)cccc2Cl)cncc1-c1c(Cl)cccc1Cl. The van der Waals surface area contributed by atoms with Gasteiger partial charge in [0.05, 0.1) is 36.1 Å². The second-order valence-electron chi connectivity index (χ2n) is 5.03. The van der Waals surface area contributed by atoms with E-state index in [0.717, 1.165) is 0 Å². The molecule has 0 radical (unpaired) electrons. The van der Waals surface area contributed by atoms with Crippen molar-refractivity contribution >= 4 is 52.1 Å². The van der Waals surface area contributed by atoms with Gasteiger partial charge in [-0.15, -0.1) is 0 Å². The molecule has 0 aliphatic carbocycles. The summed E-state index contributed by atoms with van der Waals surface area (Å²) in [5.74, 6) is 0. The van der Waals surface area contributed by atoms with E-state index in [1.165, 1.54) is 12.4 Å². The topological polar surface area (TPSA) is 56.0 Å². The Balaban J connectivity index is 2.40. The van der Waals surface area contributed by atoms with Crippen LogP contribution in [0.25, 0.3) is 22.3 Å². The Morgan fingerprint density at radius 3 is 1.44 bits per heavy atom. The highest BCUT2D eigenvalue weighted by atomic mass is 35.5.